The molecule has 5 nitrogen and oxygen atoms in total. The number of ether oxygens (including phenoxy) is 1. The monoisotopic (exact) mass is 364 g/mol. The van der Waals surface area contributed by atoms with E-state index in [1.165, 1.54) is 22.6 Å². The van der Waals surface area contributed by atoms with Gasteiger partial charge in [0, 0.05) is 6.07 Å². The van der Waals surface area contributed by atoms with Crippen molar-refractivity contribution in [3.8, 4) is 5.75 Å². The van der Waals surface area contributed by atoms with Crippen LogP contribution in [0.25, 0.3) is 0 Å². The second-order valence-corrected chi connectivity index (χ2v) is 5.26. The van der Waals surface area contributed by atoms with Crippen LogP contribution >= 0.6 is 22.6 Å². The van der Waals surface area contributed by atoms with Gasteiger partial charge in [0.05, 0.1) is 7.11 Å². The van der Waals surface area contributed by atoms with Crippen molar-refractivity contribution < 1.29 is 21.9 Å². The third kappa shape index (κ3) is 2.77. The molecule has 9 heteroatoms. The van der Waals surface area contributed by atoms with Gasteiger partial charge in [-0.05, 0) is 22.6 Å². The van der Waals surface area contributed by atoms with Gasteiger partial charge < -0.3 is 4.74 Å². The predicted molar refractivity (Wildman–Crippen MR) is 59.8 cm³/mol. The maximum Gasteiger partial charge on any atom is 0.284 e. The summed E-state index contributed by atoms with van der Waals surface area (Å²) in [6.07, 6.45) is -2.85. The minimum absolute atomic E-state index is 0.115. The lowest BCUT2D eigenvalue weighted by atomic mass is 10.3. The highest BCUT2D eigenvalue weighted by atomic mass is 127. The van der Waals surface area contributed by atoms with Crippen molar-refractivity contribution in [2.45, 2.75) is 11.3 Å². The van der Waals surface area contributed by atoms with E-state index in [1.807, 2.05) is 0 Å². The summed E-state index contributed by atoms with van der Waals surface area (Å²) in [5.41, 5.74) is -0.612. The molecule has 1 rings (SSSR count). The van der Waals surface area contributed by atoms with Crippen LogP contribution in [0.5, 0.6) is 5.75 Å². The number of halogens is 3. The summed E-state index contributed by atoms with van der Waals surface area (Å²) in [7, 11) is -2.86. The number of hydrogen-bond donors (Lipinski definition) is 1. The second kappa shape index (κ2) is 4.75. The third-order valence-corrected chi connectivity index (χ3v) is 3.78. The fraction of sp³-hybridized carbons (Fsp3) is 0.286. The molecule has 1 aromatic rings. The summed E-state index contributed by atoms with van der Waals surface area (Å²) in [5, 5.41) is 4.89. The molecule has 0 aromatic carbocycles. The number of aromatic nitrogens is 1. The van der Waals surface area contributed by atoms with Crippen LogP contribution in [-0.2, 0) is 10.0 Å². The second-order valence-electron chi connectivity index (χ2n) is 2.71. The molecule has 1 heterocycles. The zero-order valence-corrected chi connectivity index (χ0v) is 10.9. The van der Waals surface area contributed by atoms with E-state index in [9.17, 15) is 17.2 Å². The standard InChI is InChI=1S/C7H7F2IN2O3S/c1-15-3-2-4(16(11,13)14)7(10)12-5(3)6(8)9/h2,6H,1H3,(H2,11,13,14). The summed E-state index contributed by atoms with van der Waals surface area (Å²) in [5.74, 6) is -0.306. The molecule has 0 unspecified atom stereocenters. The van der Waals surface area contributed by atoms with E-state index in [2.05, 4.69) is 9.72 Å². The first-order valence-electron chi connectivity index (χ1n) is 3.82. The van der Waals surface area contributed by atoms with Gasteiger partial charge >= 0.3 is 0 Å². The average Bonchev–Trinajstić information content (AvgIpc) is 2.15. The van der Waals surface area contributed by atoms with Crippen LogP contribution in [0.2, 0.25) is 0 Å². The van der Waals surface area contributed by atoms with Gasteiger partial charge in [-0.1, -0.05) is 0 Å². The highest BCUT2D eigenvalue weighted by molar-refractivity contribution is 14.1. The minimum Gasteiger partial charge on any atom is -0.495 e. The van der Waals surface area contributed by atoms with Gasteiger partial charge in [0.2, 0.25) is 10.0 Å². The van der Waals surface area contributed by atoms with Crippen LogP contribution < -0.4 is 9.88 Å². The molecule has 0 aliphatic heterocycles. The number of rotatable bonds is 3. The number of primary sulfonamides is 1. The molecule has 16 heavy (non-hydrogen) atoms. The SMILES string of the molecule is COc1cc(S(N)(=O)=O)c(I)nc1C(F)F. The Hall–Kier alpha value is -0.550. The smallest absolute Gasteiger partial charge is 0.284 e. The first-order valence-corrected chi connectivity index (χ1v) is 6.45. The summed E-state index contributed by atoms with van der Waals surface area (Å²) >= 11 is 1.52. The summed E-state index contributed by atoms with van der Waals surface area (Å²) in [6.45, 7) is 0. The quantitative estimate of drug-likeness (QED) is 0.647. The van der Waals surface area contributed by atoms with E-state index in [1.54, 1.807) is 0 Å². The van der Waals surface area contributed by atoms with Gasteiger partial charge in [-0.25, -0.2) is 27.3 Å². The van der Waals surface area contributed by atoms with Crippen molar-refractivity contribution in [1.82, 2.24) is 4.98 Å². The van der Waals surface area contributed by atoms with Crippen molar-refractivity contribution in [3.63, 3.8) is 0 Å². The van der Waals surface area contributed by atoms with E-state index < -0.39 is 22.1 Å². The fourth-order valence-electron chi connectivity index (χ4n) is 0.988. The van der Waals surface area contributed by atoms with Crippen molar-refractivity contribution in [1.29, 1.82) is 0 Å². The zero-order chi connectivity index (χ0) is 12.5. The number of alkyl halides is 2. The van der Waals surface area contributed by atoms with Crippen LogP contribution in [0, 0.1) is 3.70 Å². The molecule has 1 aromatic heterocycles. The largest absolute Gasteiger partial charge is 0.495 e. The van der Waals surface area contributed by atoms with Crippen molar-refractivity contribution in [2.75, 3.05) is 7.11 Å². The molecule has 0 aliphatic rings. The Balaban J connectivity index is 3.50. The Bertz CT molecular complexity index is 507. The fourth-order valence-corrected chi connectivity index (χ4v) is 2.88. The highest BCUT2D eigenvalue weighted by Crippen LogP contribution is 2.30. The topological polar surface area (TPSA) is 82.3 Å². The zero-order valence-electron chi connectivity index (χ0n) is 7.95. The number of sulfonamides is 1. The van der Waals surface area contributed by atoms with Crippen molar-refractivity contribution in [2.24, 2.45) is 5.14 Å². The Morgan fingerprint density at radius 2 is 2.12 bits per heavy atom. The molecule has 0 saturated carbocycles. The summed E-state index contributed by atoms with van der Waals surface area (Å²) in [6, 6.07) is 0.936. The van der Waals surface area contributed by atoms with Gasteiger partial charge in [0.1, 0.15) is 20.0 Å². The maximum atomic E-state index is 12.5. The Morgan fingerprint density at radius 3 is 2.50 bits per heavy atom. The van der Waals surface area contributed by atoms with Crippen LogP contribution in [0.15, 0.2) is 11.0 Å². The Kier molecular flexibility index (Phi) is 4.02. The molecule has 0 fully saturated rings. The number of hydrogen-bond acceptors (Lipinski definition) is 4. The number of nitrogens with zero attached hydrogens (tertiary/aromatic N) is 1. The van der Waals surface area contributed by atoms with Gasteiger partial charge in [-0.2, -0.15) is 0 Å². The minimum atomic E-state index is -4.00. The van der Waals surface area contributed by atoms with Crippen LogP contribution in [-0.4, -0.2) is 20.5 Å². The molecule has 0 saturated heterocycles. The number of pyridine rings is 1. The molecular weight excluding hydrogens is 357 g/mol. The predicted octanol–water partition coefficient (Wildman–Crippen LogP) is 1.28. The number of nitrogens with two attached hydrogens (primary N) is 1. The molecule has 2 N–H and O–H groups in total. The maximum absolute atomic E-state index is 12.5. The molecule has 0 spiro atoms. The summed E-state index contributed by atoms with van der Waals surface area (Å²) < 4.78 is 51.7. The lowest BCUT2D eigenvalue weighted by Crippen LogP contribution is -2.15. The lowest BCUT2D eigenvalue weighted by Gasteiger charge is -2.09. The van der Waals surface area contributed by atoms with Gasteiger partial charge in [-0.3, -0.25) is 0 Å². The third-order valence-electron chi connectivity index (χ3n) is 1.67. The van der Waals surface area contributed by atoms with Gasteiger partial charge in [0.25, 0.3) is 6.43 Å². The Labute approximate surface area is 104 Å². The molecular formula is C7H7F2IN2O3S. The number of methoxy groups -OCH3 is 1. The van der Waals surface area contributed by atoms with Crippen LogP contribution in [0.1, 0.15) is 12.1 Å². The molecule has 0 bridgehead atoms. The van der Waals surface area contributed by atoms with E-state index in [0.29, 0.717) is 0 Å². The molecule has 0 amide bonds. The van der Waals surface area contributed by atoms with E-state index >= 15 is 0 Å². The summed E-state index contributed by atoms with van der Waals surface area (Å²) in [4.78, 5) is 3.12. The van der Waals surface area contributed by atoms with Crippen LogP contribution in [0.4, 0.5) is 8.78 Å². The lowest BCUT2D eigenvalue weighted by molar-refractivity contribution is 0.141. The van der Waals surface area contributed by atoms with Crippen molar-refractivity contribution in [3.05, 3.63) is 15.5 Å². The first kappa shape index (κ1) is 13.5. The molecule has 0 radical (unpaired) electrons. The molecule has 0 aliphatic carbocycles. The van der Waals surface area contributed by atoms with Gasteiger partial charge in [-0.15, -0.1) is 0 Å². The van der Waals surface area contributed by atoms with E-state index in [4.69, 9.17) is 5.14 Å². The van der Waals surface area contributed by atoms with E-state index in [-0.39, 0.29) is 14.3 Å². The Morgan fingerprint density at radius 1 is 1.56 bits per heavy atom. The average molecular weight is 364 g/mol. The van der Waals surface area contributed by atoms with Crippen LogP contribution in [0.3, 0.4) is 0 Å². The normalized spacial score (nSPS) is 11.9. The highest BCUT2D eigenvalue weighted by Gasteiger charge is 2.22. The van der Waals surface area contributed by atoms with Crippen molar-refractivity contribution >= 4 is 32.6 Å². The van der Waals surface area contributed by atoms with Gasteiger partial charge in [0.15, 0.2) is 0 Å². The molecule has 90 valence electrons. The van der Waals surface area contributed by atoms with E-state index in [0.717, 1.165) is 13.2 Å². The molecule has 0 atom stereocenters. The first-order chi connectivity index (χ1) is 7.27.